The number of rotatable bonds is 1. The molecule has 4 rings (SSSR count). The fraction of sp³-hybridized carbons (Fsp3) is 0.846. The predicted octanol–water partition coefficient (Wildman–Crippen LogP) is 0.442. The van der Waals surface area contributed by atoms with Gasteiger partial charge in [0.15, 0.2) is 5.82 Å². The third kappa shape index (κ3) is 2.12. The van der Waals surface area contributed by atoms with Gasteiger partial charge in [-0.05, 0) is 30.8 Å². The number of hydrogen-bond donors (Lipinski definition) is 1. The third-order valence-electron chi connectivity index (χ3n) is 4.84. The molecular formula is C13H20N4O2S. The number of likely N-dealkylation sites (tertiary alicyclic amines) is 1. The lowest BCUT2D eigenvalue weighted by atomic mass is 10.0. The molecular weight excluding hydrogens is 276 g/mol. The van der Waals surface area contributed by atoms with Gasteiger partial charge in [0.05, 0.1) is 6.54 Å². The molecule has 6 nitrogen and oxygen atoms in total. The molecule has 1 aromatic heterocycles. The second kappa shape index (κ2) is 4.89. The zero-order valence-electron chi connectivity index (χ0n) is 11.5. The predicted molar refractivity (Wildman–Crippen MR) is 76.9 cm³/mol. The van der Waals surface area contributed by atoms with Crippen molar-refractivity contribution in [3.8, 4) is 0 Å². The van der Waals surface area contributed by atoms with Crippen molar-refractivity contribution in [1.29, 1.82) is 0 Å². The highest BCUT2D eigenvalue weighted by Crippen LogP contribution is 2.34. The van der Waals surface area contributed by atoms with E-state index >= 15 is 0 Å². The number of thioether (sulfide) groups is 1. The number of fused-ring (bicyclic) bond motifs is 1. The highest BCUT2D eigenvalue weighted by molar-refractivity contribution is 7.99. The van der Waals surface area contributed by atoms with E-state index in [9.17, 15) is 4.79 Å². The molecule has 3 aliphatic rings. The maximum atomic E-state index is 11.8. The van der Waals surface area contributed by atoms with Gasteiger partial charge in [-0.3, -0.25) is 9.47 Å². The van der Waals surface area contributed by atoms with E-state index in [4.69, 9.17) is 4.74 Å². The van der Waals surface area contributed by atoms with Crippen LogP contribution < -0.4 is 5.69 Å². The molecule has 2 fully saturated rings. The summed E-state index contributed by atoms with van der Waals surface area (Å²) in [6, 6.07) is 0.710. The first kappa shape index (κ1) is 12.9. The van der Waals surface area contributed by atoms with Gasteiger partial charge in [0.1, 0.15) is 12.2 Å². The van der Waals surface area contributed by atoms with Crippen LogP contribution in [-0.4, -0.2) is 55.9 Å². The molecule has 1 atom stereocenters. The third-order valence-corrected chi connectivity index (χ3v) is 5.89. The molecule has 0 bridgehead atoms. The monoisotopic (exact) mass is 296 g/mol. The fourth-order valence-corrected chi connectivity index (χ4v) is 4.74. The second-order valence-corrected chi connectivity index (χ2v) is 7.29. The van der Waals surface area contributed by atoms with Crippen molar-refractivity contribution in [2.75, 3.05) is 24.6 Å². The normalized spacial score (nSPS) is 31.8. The number of ether oxygens (including phenoxy) is 1. The molecule has 0 amide bonds. The number of aromatic nitrogens is 3. The molecule has 7 heteroatoms. The van der Waals surface area contributed by atoms with E-state index in [1.54, 1.807) is 4.57 Å². The summed E-state index contributed by atoms with van der Waals surface area (Å²) in [6.07, 6.45) is 3.60. The minimum Gasteiger partial charge on any atom is -0.364 e. The first-order valence-corrected chi connectivity index (χ1v) is 8.51. The first-order chi connectivity index (χ1) is 9.76. The lowest BCUT2D eigenvalue weighted by Crippen LogP contribution is -2.47. The maximum absolute atomic E-state index is 11.8. The van der Waals surface area contributed by atoms with Crippen LogP contribution in [0.4, 0.5) is 0 Å². The number of aromatic amines is 1. The van der Waals surface area contributed by atoms with E-state index < -0.39 is 0 Å². The number of H-pyrrole nitrogens is 1. The Bertz CT molecular complexity index is 551. The van der Waals surface area contributed by atoms with Crippen molar-refractivity contribution in [3.63, 3.8) is 0 Å². The molecule has 2 saturated heterocycles. The molecule has 4 heterocycles. The van der Waals surface area contributed by atoms with Crippen LogP contribution in [0, 0.1) is 0 Å². The fourth-order valence-electron chi connectivity index (χ4n) is 3.66. The molecule has 1 aromatic rings. The van der Waals surface area contributed by atoms with Crippen molar-refractivity contribution < 1.29 is 4.74 Å². The van der Waals surface area contributed by atoms with Crippen LogP contribution in [0.2, 0.25) is 0 Å². The van der Waals surface area contributed by atoms with Gasteiger partial charge in [0.25, 0.3) is 0 Å². The lowest BCUT2D eigenvalue weighted by molar-refractivity contribution is -0.0847. The summed E-state index contributed by atoms with van der Waals surface area (Å²) in [5.74, 6) is 3.29. The Morgan fingerprint density at radius 1 is 1.35 bits per heavy atom. The highest BCUT2D eigenvalue weighted by atomic mass is 32.2. The van der Waals surface area contributed by atoms with Gasteiger partial charge in [-0.1, -0.05) is 0 Å². The van der Waals surface area contributed by atoms with Crippen LogP contribution in [0.3, 0.4) is 0 Å². The van der Waals surface area contributed by atoms with E-state index in [1.165, 1.54) is 24.3 Å². The quantitative estimate of drug-likeness (QED) is 0.815. The second-order valence-electron chi connectivity index (χ2n) is 6.07. The smallest absolute Gasteiger partial charge is 0.343 e. The van der Waals surface area contributed by atoms with Crippen LogP contribution in [0.1, 0.15) is 25.1 Å². The average Bonchev–Trinajstić information content (AvgIpc) is 3.06. The summed E-state index contributed by atoms with van der Waals surface area (Å²) in [6.45, 7) is 3.15. The number of hydrogen-bond acceptors (Lipinski definition) is 5. The number of nitrogens with one attached hydrogen (secondary N) is 1. The molecule has 20 heavy (non-hydrogen) atoms. The standard InChI is InChI=1S/C13H20N4O2S/c18-12-15-14-11-7-19-13(9-17(11)12)3-4-16(8-13)10-1-5-20-6-2-10/h10H,1-9H2,(H,15,18). The molecule has 1 unspecified atom stereocenters. The van der Waals surface area contributed by atoms with E-state index in [1.807, 2.05) is 0 Å². The first-order valence-electron chi connectivity index (χ1n) is 7.36. The molecule has 0 aromatic carbocycles. The van der Waals surface area contributed by atoms with Gasteiger partial charge in [-0.2, -0.15) is 16.9 Å². The average molecular weight is 296 g/mol. The zero-order valence-corrected chi connectivity index (χ0v) is 12.3. The zero-order chi connectivity index (χ0) is 13.6. The Balaban J connectivity index is 1.50. The molecule has 1 N–H and O–H groups in total. The van der Waals surface area contributed by atoms with Crippen LogP contribution in [0.15, 0.2) is 4.79 Å². The summed E-state index contributed by atoms with van der Waals surface area (Å²) in [5, 5.41) is 6.52. The topological polar surface area (TPSA) is 63.2 Å². The molecule has 0 radical (unpaired) electrons. The Morgan fingerprint density at radius 2 is 2.20 bits per heavy atom. The molecule has 110 valence electrons. The molecule has 1 spiro atoms. The Morgan fingerprint density at radius 3 is 3.05 bits per heavy atom. The van der Waals surface area contributed by atoms with E-state index in [-0.39, 0.29) is 11.3 Å². The van der Waals surface area contributed by atoms with Crippen molar-refractivity contribution in [3.05, 3.63) is 16.3 Å². The van der Waals surface area contributed by atoms with E-state index in [2.05, 4.69) is 26.9 Å². The van der Waals surface area contributed by atoms with Crippen molar-refractivity contribution in [2.45, 2.75) is 44.1 Å². The minimum absolute atomic E-state index is 0.102. The Labute approximate surface area is 121 Å². The minimum atomic E-state index is -0.175. The van der Waals surface area contributed by atoms with Gasteiger partial charge < -0.3 is 4.74 Å². The van der Waals surface area contributed by atoms with Crippen LogP contribution >= 0.6 is 11.8 Å². The van der Waals surface area contributed by atoms with E-state index in [0.717, 1.165) is 25.3 Å². The van der Waals surface area contributed by atoms with Crippen LogP contribution in [-0.2, 0) is 17.9 Å². The lowest BCUT2D eigenvalue weighted by Gasteiger charge is -2.36. The summed E-state index contributed by atoms with van der Waals surface area (Å²) in [5.41, 5.74) is -0.277. The Hall–Kier alpha value is -0.790. The summed E-state index contributed by atoms with van der Waals surface area (Å²) < 4.78 is 7.85. The summed E-state index contributed by atoms with van der Waals surface area (Å²) >= 11 is 2.06. The van der Waals surface area contributed by atoms with Gasteiger partial charge in [-0.25, -0.2) is 9.89 Å². The molecule has 3 aliphatic heterocycles. The summed E-state index contributed by atoms with van der Waals surface area (Å²) in [4.78, 5) is 14.3. The molecule has 0 aliphatic carbocycles. The van der Waals surface area contributed by atoms with Gasteiger partial charge in [-0.15, -0.1) is 0 Å². The Kier molecular flexibility index (Phi) is 3.16. The van der Waals surface area contributed by atoms with Crippen molar-refractivity contribution in [2.24, 2.45) is 0 Å². The van der Waals surface area contributed by atoms with E-state index in [0.29, 0.717) is 19.2 Å². The SMILES string of the molecule is O=c1[nH]nc2n1CC1(CCN(C3CCSCC3)C1)OC2. The molecule has 0 saturated carbocycles. The number of nitrogens with zero attached hydrogens (tertiary/aromatic N) is 3. The van der Waals surface area contributed by atoms with Crippen molar-refractivity contribution >= 4 is 11.8 Å². The van der Waals surface area contributed by atoms with Crippen molar-refractivity contribution in [1.82, 2.24) is 19.7 Å². The van der Waals surface area contributed by atoms with Gasteiger partial charge in [0, 0.05) is 19.1 Å². The highest BCUT2D eigenvalue weighted by Gasteiger charge is 2.44. The van der Waals surface area contributed by atoms with Crippen LogP contribution in [0.5, 0.6) is 0 Å². The summed E-state index contributed by atoms with van der Waals surface area (Å²) in [7, 11) is 0. The van der Waals surface area contributed by atoms with Crippen LogP contribution in [0.25, 0.3) is 0 Å². The van der Waals surface area contributed by atoms with Gasteiger partial charge in [0.2, 0.25) is 0 Å². The maximum Gasteiger partial charge on any atom is 0.343 e. The largest absolute Gasteiger partial charge is 0.364 e. The van der Waals surface area contributed by atoms with Gasteiger partial charge >= 0.3 is 5.69 Å².